The standard InChI is InChI=1S/C22H23NO3/c1-15-3-2-4-16(13-15)5-10-21(24)23-22(17-6-7-17)18-8-9-19-20(14-18)26-12-11-25-19/h2-5,8-10,13-14,17,22H,6-7,11-12H2,1H3,(H,23,24)/b10-5+. The van der Waals surface area contributed by atoms with E-state index in [1.165, 1.54) is 5.56 Å². The zero-order valence-corrected chi connectivity index (χ0v) is 14.9. The molecule has 26 heavy (non-hydrogen) atoms. The van der Waals surface area contributed by atoms with E-state index in [1.807, 2.05) is 49.4 Å². The van der Waals surface area contributed by atoms with E-state index in [9.17, 15) is 4.79 Å². The summed E-state index contributed by atoms with van der Waals surface area (Å²) < 4.78 is 11.3. The maximum Gasteiger partial charge on any atom is 0.244 e. The van der Waals surface area contributed by atoms with Gasteiger partial charge in [-0.2, -0.15) is 0 Å². The smallest absolute Gasteiger partial charge is 0.244 e. The molecule has 1 aliphatic carbocycles. The Hall–Kier alpha value is -2.75. The van der Waals surface area contributed by atoms with Gasteiger partial charge >= 0.3 is 0 Å². The summed E-state index contributed by atoms with van der Waals surface area (Å²) in [5.41, 5.74) is 3.29. The molecule has 1 N–H and O–H groups in total. The van der Waals surface area contributed by atoms with Gasteiger partial charge in [-0.05, 0) is 55.0 Å². The molecule has 0 aromatic heterocycles. The first-order valence-corrected chi connectivity index (χ1v) is 9.14. The number of benzene rings is 2. The minimum Gasteiger partial charge on any atom is -0.486 e. The van der Waals surface area contributed by atoms with Crippen molar-refractivity contribution in [2.45, 2.75) is 25.8 Å². The molecule has 1 fully saturated rings. The van der Waals surface area contributed by atoms with Gasteiger partial charge in [0.05, 0.1) is 6.04 Å². The molecule has 134 valence electrons. The third-order valence-electron chi connectivity index (χ3n) is 4.79. The van der Waals surface area contributed by atoms with Crippen LogP contribution in [0.1, 0.15) is 35.6 Å². The highest BCUT2D eigenvalue weighted by Crippen LogP contribution is 2.43. The topological polar surface area (TPSA) is 47.6 Å². The number of carbonyl (C=O) groups excluding carboxylic acids is 1. The number of hydrogen-bond donors (Lipinski definition) is 1. The van der Waals surface area contributed by atoms with Crippen molar-refractivity contribution in [2.24, 2.45) is 5.92 Å². The van der Waals surface area contributed by atoms with Crippen LogP contribution in [0.15, 0.2) is 48.5 Å². The van der Waals surface area contributed by atoms with E-state index in [0.717, 1.165) is 35.5 Å². The normalized spacial score (nSPS) is 17.1. The maximum atomic E-state index is 12.5. The van der Waals surface area contributed by atoms with E-state index < -0.39 is 0 Å². The van der Waals surface area contributed by atoms with Crippen molar-refractivity contribution >= 4 is 12.0 Å². The number of nitrogens with one attached hydrogen (secondary N) is 1. The number of rotatable bonds is 5. The average Bonchev–Trinajstić information content (AvgIpc) is 3.49. The maximum absolute atomic E-state index is 12.5. The molecular weight excluding hydrogens is 326 g/mol. The molecule has 0 radical (unpaired) electrons. The van der Waals surface area contributed by atoms with E-state index in [1.54, 1.807) is 6.08 Å². The Kier molecular flexibility index (Phi) is 4.65. The van der Waals surface area contributed by atoms with E-state index in [0.29, 0.717) is 19.1 Å². The Morgan fingerprint density at radius 2 is 1.92 bits per heavy atom. The van der Waals surface area contributed by atoms with Gasteiger partial charge in [0.25, 0.3) is 0 Å². The van der Waals surface area contributed by atoms with Crippen molar-refractivity contribution in [3.63, 3.8) is 0 Å². The van der Waals surface area contributed by atoms with Crippen molar-refractivity contribution in [1.82, 2.24) is 5.32 Å². The third-order valence-corrected chi connectivity index (χ3v) is 4.79. The van der Waals surface area contributed by atoms with Crippen molar-refractivity contribution in [1.29, 1.82) is 0 Å². The lowest BCUT2D eigenvalue weighted by Crippen LogP contribution is -2.28. The molecule has 4 nitrogen and oxygen atoms in total. The summed E-state index contributed by atoms with van der Waals surface area (Å²) >= 11 is 0. The molecule has 4 rings (SSSR count). The minimum atomic E-state index is -0.0710. The SMILES string of the molecule is Cc1cccc(/C=C/C(=O)NC(c2ccc3c(c2)OCCO3)C2CC2)c1. The molecule has 2 aromatic rings. The van der Waals surface area contributed by atoms with Crippen molar-refractivity contribution in [3.8, 4) is 11.5 Å². The number of fused-ring (bicyclic) bond motifs is 1. The fourth-order valence-electron chi connectivity index (χ4n) is 3.30. The predicted octanol–water partition coefficient (Wildman–Crippen LogP) is 4.05. The lowest BCUT2D eigenvalue weighted by molar-refractivity contribution is -0.117. The van der Waals surface area contributed by atoms with Gasteiger partial charge in [0.2, 0.25) is 5.91 Å². The van der Waals surface area contributed by atoms with Gasteiger partial charge in [-0.25, -0.2) is 0 Å². The summed E-state index contributed by atoms with van der Waals surface area (Å²) in [6.07, 6.45) is 5.75. The summed E-state index contributed by atoms with van der Waals surface area (Å²) in [5, 5.41) is 3.16. The van der Waals surface area contributed by atoms with Gasteiger partial charge in [0.15, 0.2) is 11.5 Å². The zero-order valence-electron chi connectivity index (χ0n) is 14.9. The van der Waals surface area contributed by atoms with Gasteiger partial charge in [-0.15, -0.1) is 0 Å². The molecule has 0 saturated heterocycles. The second kappa shape index (κ2) is 7.24. The zero-order chi connectivity index (χ0) is 17.9. The average molecular weight is 349 g/mol. The Balaban J connectivity index is 1.48. The Morgan fingerprint density at radius 3 is 2.69 bits per heavy atom. The minimum absolute atomic E-state index is 0.0143. The molecule has 0 bridgehead atoms. The van der Waals surface area contributed by atoms with Gasteiger partial charge in [0.1, 0.15) is 13.2 Å². The number of aryl methyl sites for hydroxylation is 1. The first-order valence-electron chi connectivity index (χ1n) is 9.14. The number of carbonyl (C=O) groups is 1. The third kappa shape index (κ3) is 3.90. The summed E-state index contributed by atoms with van der Waals surface area (Å²) in [6, 6.07) is 14.1. The summed E-state index contributed by atoms with van der Waals surface area (Å²) in [6.45, 7) is 3.19. The molecule has 1 atom stereocenters. The fraction of sp³-hybridized carbons (Fsp3) is 0.318. The number of ether oxygens (including phenoxy) is 2. The van der Waals surface area contributed by atoms with Crippen LogP contribution in [0.25, 0.3) is 6.08 Å². The van der Waals surface area contributed by atoms with Gasteiger partial charge in [0, 0.05) is 6.08 Å². The summed E-state index contributed by atoms with van der Waals surface area (Å²) in [7, 11) is 0. The van der Waals surface area contributed by atoms with Gasteiger partial charge in [-0.1, -0.05) is 35.9 Å². The van der Waals surface area contributed by atoms with Crippen LogP contribution < -0.4 is 14.8 Å². The quantitative estimate of drug-likeness (QED) is 0.829. The van der Waals surface area contributed by atoms with Crippen LogP contribution in [0.5, 0.6) is 11.5 Å². The monoisotopic (exact) mass is 349 g/mol. The highest BCUT2D eigenvalue weighted by atomic mass is 16.6. The highest BCUT2D eigenvalue weighted by Gasteiger charge is 2.33. The van der Waals surface area contributed by atoms with E-state index >= 15 is 0 Å². The van der Waals surface area contributed by atoms with Crippen LogP contribution in [-0.4, -0.2) is 19.1 Å². The lowest BCUT2D eigenvalue weighted by Gasteiger charge is -2.22. The molecule has 1 aliphatic heterocycles. The number of amides is 1. The molecule has 2 aromatic carbocycles. The Labute approximate surface area is 153 Å². The molecular formula is C22H23NO3. The molecule has 2 aliphatic rings. The second-order valence-corrected chi connectivity index (χ2v) is 6.97. The van der Waals surface area contributed by atoms with Gasteiger partial charge in [-0.3, -0.25) is 4.79 Å². The largest absolute Gasteiger partial charge is 0.486 e. The van der Waals surface area contributed by atoms with Crippen molar-refractivity contribution in [3.05, 3.63) is 65.2 Å². The van der Waals surface area contributed by atoms with E-state index in [2.05, 4.69) is 11.4 Å². The van der Waals surface area contributed by atoms with Crippen LogP contribution in [-0.2, 0) is 4.79 Å². The van der Waals surface area contributed by atoms with Crippen LogP contribution in [0.4, 0.5) is 0 Å². The van der Waals surface area contributed by atoms with E-state index in [-0.39, 0.29) is 11.9 Å². The van der Waals surface area contributed by atoms with E-state index in [4.69, 9.17) is 9.47 Å². The van der Waals surface area contributed by atoms with Crippen molar-refractivity contribution < 1.29 is 14.3 Å². The highest BCUT2D eigenvalue weighted by molar-refractivity contribution is 5.92. The molecule has 1 amide bonds. The second-order valence-electron chi connectivity index (χ2n) is 6.97. The van der Waals surface area contributed by atoms with Crippen LogP contribution >= 0.6 is 0 Å². The first kappa shape index (κ1) is 16.7. The Morgan fingerprint density at radius 1 is 1.12 bits per heavy atom. The fourth-order valence-corrected chi connectivity index (χ4v) is 3.30. The number of hydrogen-bond acceptors (Lipinski definition) is 3. The predicted molar refractivity (Wildman–Crippen MR) is 101 cm³/mol. The molecule has 1 heterocycles. The Bertz CT molecular complexity index is 839. The van der Waals surface area contributed by atoms with Gasteiger partial charge < -0.3 is 14.8 Å². The lowest BCUT2D eigenvalue weighted by atomic mass is 10.0. The van der Waals surface area contributed by atoms with Crippen LogP contribution in [0.3, 0.4) is 0 Å². The summed E-state index contributed by atoms with van der Waals surface area (Å²) in [4.78, 5) is 12.5. The first-order chi connectivity index (χ1) is 12.7. The van der Waals surface area contributed by atoms with Crippen molar-refractivity contribution in [2.75, 3.05) is 13.2 Å². The summed E-state index contributed by atoms with van der Waals surface area (Å²) in [5.74, 6) is 1.97. The van der Waals surface area contributed by atoms with Crippen LogP contribution in [0.2, 0.25) is 0 Å². The molecule has 1 saturated carbocycles. The molecule has 0 spiro atoms. The molecule has 4 heteroatoms. The van der Waals surface area contributed by atoms with Crippen LogP contribution in [0, 0.1) is 12.8 Å². The molecule has 1 unspecified atom stereocenters.